The number of hydrogen-bond donors (Lipinski definition) is 2. The molecule has 1 fully saturated rings. The Morgan fingerprint density at radius 2 is 2.03 bits per heavy atom. The van der Waals surface area contributed by atoms with Crippen LogP contribution in [0, 0.1) is 12.8 Å². The third kappa shape index (κ3) is 4.83. The maximum Gasteiger partial charge on any atom is 0.229 e. The number of ether oxygens (including phenoxy) is 1. The molecule has 4 rings (SSSR count). The van der Waals surface area contributed by atoms with Gasteiger partial charge in [-0.3, -0.25) is 10.1 Å². The lowest BCUT2D eigenvalue weighted by Crippen LogP contribution is -2.37. The zero-order valence-electron chi connectivity index (χ0n) is 17.4. The fourth-order valence-electron chi connectivity index (χ4n) is 3.87. The molecule has 3 aromatic rings. The summed E-state index contributed by atoms with van der Waals surface area (Å²) in [5.74, 6) is 1.62. The van der Waals surface area contributed by atoms with Crippen LogP contribution in [-0.2, 0) is 9.53 Å². The second kappa shape index (κ2) is 9.32. The standard InChI is InChI=1S/C22H27N5O3/c1-14-24-13-20(30-14)16-3-4-17-12-25-22(26-19(17)11-16)27-21(28)15-5-7-18(8-6-15)23-9-10-29-2/h3-4,11-13,15,18,23H,5-10H2,1-2H3,(H,25,26,27,28). The van der Waals surface area contributed by atoms with E-state index in [9.17, 15) is 4.79 Å². The van der Waals surface area contributed by atoms with E-state index in [0.29, 0.717) is 30.2 Å². The number of carbonyl (C=O) groups is 1. The molecule has 2 aromatic heterocycles. The highest BCUT2D eigenvalue weighted by Crippen LogP contribution is 2.27. The first-order valence-corrected chi connectivity index (χ1v) is 10.3. The van der Waals surface area contributed by atoms with Gasteiger partial charge in [-0.1, -0.05) is 12.1 Å². The predicted molar refractivity (Wildman–Crippen MR) is 114 cm³/mol. The fourth-order valence-corrected chi connectivity index (χ4v) is 3.87. The van der Waals surface area contributed by atoms with Crippen LogP contribution in [0.15, 0.2) is 35.0 Å². The Hall–Kier alpha value is -2.84. The van der Waals surface area contributed by atoms with Crippen LogP contribution >= 0.6 is 0 Å². The number of carbonyl (C=O) groups excluding carboxylic acids is 1. The summed E-state index contributed by atoms with van der Waals surface area (Å²) in [5, 5.41) is 7.27. The van der Waals surface area contributed by atoms with Crippen LogP contribution in [0.1, 0.15) is 31.6 Å². The van der Waals surface area contributed by atoms with Gasteiger partial charge in [0, 0.05) is 49.7 Å². The molecule has 0 aliphatic heterocycles. The smallest absolute Gasteiger partial charge is 0.229 e. The van der Waals surface area contributed by atoms with Crippen molar-refractivity contribution in [1.82, 2.24) is 20.3 Å². The van der Waals surface area contributed by atoms with E-state index in [1.807, 2.05) is 25.1 Å². The molecular weight excluding hydrogens is 382 g/mol. The van der Waals surface area contributed by atoms with Crippen LogP contribution in [0.5, 0.6) is 0 Å². The van der Waals surface area contributed by atoms with Crippen molar-refractivity contribution in [3.63, 3.8) is 0 Å². The molecule has 1 aliphatic carbocycles. The Bertz CT molecular complexity index is 1010. The highest BCUT2D eigenvalue weighted by molar-refractivity contribution is 5.92. The van der Waals surface area contributed by atoms with E-state index in [-0.39, 0.29) is 11.8 Å². The number of aromatic nitrogens is 3. The summed E-state index contributed by atoms with van der Waals surface area (Å²) in [7, 11) is 1.70. The topological polar surface area (TPSA) is 102 Å². The lowest BCUT2D eigenvalue weighted by atomic mass is 9.85. The Morgan fingerprint density at radius 3 is 2.77 bits per heavy atom. The fraction of sp³-hybridized carbons (Fsp3) is 0.455. The lowest BCUT2D eigenvalue weighted by molar-refractivity contribution is -0.120. The van der Waals surface area contributed by atoms with E-state index < -0.39 is 0 Å². The number of fused-ring (bicyclic) bond motifs is 1. The molecule has 0 unspecified atom stereocenters. The molecule has 8 nitrogen and oxygen atoms in total. The van der Waals surface area contributed by atoms with Gasteiger partial charge in [-0.15, -0.1) is 0 Å². The number of oxazole rings is 1. The van der Waals surface area contributed by atoms with Crippen LogP contribution in [0.25, 0.3) is 22.2 Å². The van der Waals surface area contributed by atoms with Crippen LogP contribution in [0.2, 0.25) is 0 Å². The molecule has 2 N–H and O–H groups in total. The van der Waals surface area contributed by atoms with Crippen molar-refractivity contribution < 1.29 is 13.9 Å². The normalized spacial score (nSPS) is 19.1. The maximum atomic E-state index is 12.7. The average molecular weight is 409 g/mol. The van der Waals surface area contributed by atoms with Crippen LogP contribution in [-0.4, -0.2) is 47.2 Å². The number of methoxy groups -OCH3 is 1. The van der Waals surface area contributed by atoms with Gasteiger partial charge in [0.05, 0.1) is 18.3 Å². The number of aryl methyl sites for hydroxylation is 1. The van der Waals surface area contributed by atoms with Crippen LogP contribution < -0.4 is 10.6 Å². The molecule has 0 bridgehead atoms. The number of hydrogen-bond acceptors (Lipinski definition) is 7. The van der Waals surface area contributed by atoms with E-state index in [2.05, 4.69) is 25.6 Å². The third-order valence-electron chi connectivity index (χ3n) is 5.56. The molecule has 0 saturated heterocycles. The molecule has 158 valence electrons. The van der Waals surface area contributed by atoms with E-state index in [0.717, 1.165) is 48.7 Å². The molecule has 1 saturated carbocycles. The molecule has 2 heterocycles. The van der Waals surface area contributed by atoms with Gasteiger partial charge in [0.15, 0.2) is 11.7 Å². The van der Waals surface area contributed by atoms with Gasteiger partial charge in [-0.25, -0.2) is 15.0 Å². The molecule has 1 aliphatic rings. The summed E-state index contributed by atoms with van der Waals surface area (Å²) in [6.07, 6.45) is 7.11. The maximum absolute atomic E-state index is 12.7. The summed E-state index contributed by atoms with van der Waals surface area (Å²) in [4.78, 5) is 25.7. The van der Waals surface area contributed by atoms with Gasteiger partial charge in [-0.2, -0.15) is 0 Å². The third-order valence-corrected chi connectivity index (χ3v) is 5.56. The van der Waals surface area contributed by atoms with Crippen LogP contribution in [0.3, 0.4) is 0 Å². The van der Waals surface area contributed by atoms with Crippen LogP contribution in [0.4, 0.5) is 5.95 Å². The second-order valence-electron chi connectivity index (χ2n) is 7.70. The number of nitrogens with one attached hydrogen (secondary N) is 2. The van der Waals surface area contributed by atoms with E-state index in [1.54, 1.807) is 19.5 Å². The van der Waals surface area contributed by atoms with Gasteiger partial charge in [0.1, 0.15) is 0 Å². The number of anilines is 1. The summed E-state index contributed by atoms with van der Waals surface area (Å²) in [5.41, 5.74) is 1.64. The van der Waals surface area contributed by atoms with E-state index >= 15 is 0 Å². The molecule has 8 heteroatoms. The largest absolute Gasteiger partial charge is 0.441 e. The summed E-state index contributed by atoms with van der Waals surface area (Å²) in [6, 6.07) is 6.26. The van der Waals surface area contributed by atoms with Gasteiger partial charge < -0.3 is 14.5 Å². The van der Waals surface area contributed by atoms with Gasteiger partial charge in [0.25, 0.3) is 0 Å². The van der Waals surface area contributed by atoms with Crippen molar-refractivity contribution in [3.8, 4) is 11.3 Å². The molecule has 0 radical (unpaired) electrons. The first kappa shape index (κ1) is 20.4. The quantitative estimate of drug-likeness (QED) is 0.577. The van der Waals surface area contributed by atoms with Gasteiger partial charge >= 0.3 is 0 Å². The Balaban J connectivity index is 1.39. The zero-order valence-corrected chi connectivity index (χ0v) is 17.4. The number of benzene rings is 1. The van der Waals surface area contributed by atoms with Gasteiger partial charge in [0.2, 0.25) is 11.9 Å². The van der Waals surface area contributed by atoms with Crippen molar-refractivity contribution in [2.24, 2.45) is 5.92 Å². The first-order valence-electron chi connectivity index (χ1n) is 10.3. The lowest BCUT2D eigenvalue weighted by Gasteiger charge is -2.28. The van der Waals surface area contributed by atoms with Crippen molar-refractivity contribution in [1.29, 1.82) is 0 Å². The summed E-state index contributed by atoms with van der Waals surface area (Å²) >= 11 is 0. The Morgan fingerprint density at radius 1 is 1.20 bits per heavy atom. The number of amides is 1. The highest BCUT2D eigenvalue weighted by Gasteiger charge is 2.26. The molecule has 1 aromatic carbocycles. The SMILES string of the molecule is COCCNC1CCC(C(=O)Nc2ncc3ccc(-c4cnc(C)o4)cc3n2)CC1. The molecule has 30 heavy (non-hydrogen) atoms. The second-order valence-corrected chi connectivity index (χ2v) is 7.70. The van der Waals surface area contributed by atoms with E-state index in [1.165, 1.54) is 0 Å². The van der Waals surface area contributed by atoms with E-state index in [4.69, 9.17) is 9.15 Å². The minimum absolute atomic E-state index is 0.00623. The average Bonchev–Trinajstić information content (AvgIpc) is 3.20. The Labute approximate surface area is 175 Å². The zero-order chi connectivity index (χ0) is 20.9. The van der Waals surface area contributed by atoms with Crippen molar-refractivity contribution in [2.75, 3.05) is 25.6 Å². The Kier molecular flexibility index (Phi) is 6.35. The monoisotopic (exact) mass is 409 g/mol. The first-order chi connectivity index (χ1) is 14.6. The van der Waals surface area contributed by atoms with Gasteiger partial charge in [-0.05, 0) is 31.7 Å². The minimum atomic E-state index is -0.00768. The highest BCUT2D eigenvalue weighted by atomic mass is 16.5. The van der Waals surface area contributed by atoms with Crippen molar-refractivity contribution in [2.45, 2.75) is 38.6 Å². The van der Waals surface area contributed by atoms with Crippen molar-refractivity contribution >= 4 is 22.8 Å². The summed E-state index contributed by atoms with van der Waals surface area (Å²) in [6.45, 7) is 3.36. The number of nitrogens with zero attached hydrogens (tertiary/aromatic N) is 3. The molecule has 0 atom stereocenters. The predicted octanol–water partition coefficient (Wildman–Crippen LogP) is 3.33. The molecular formula is C22H27N5O3. The van der Waals surface area contributed by atoms with Crippen molar-refractivity contribution in [3.05, 3.63) is 36.5 Å². The minimum Gasteiger partial charge on any atom is -0.441 e. The molecule has 1 amide bonds. The molecule has 0 spiro atoms. The summed E-state index contributed by atoms with van der Waals surface area (Å²) < 4.78 is 10.7. The number of rotatable bonds is 7.